The first-order valence-electron chi connectivity index (χ1n) is 16.3. The third-order valence-electron chi connectivity index (χ3n) is 8.90. The van der Waals surface area contributed by atoms with Gasteiger partial charge in [0.1, 0.15) is 6.54 Å². The van der Waals surface area contributed by atoms with E-state index in [9.17, 15) is 21.4 Å². The minimum absolute atomic E-state index is 0.0168. The largest absolute Gasteiger partial charge is 0.748 e. The van der Waals surface area contributed by atoms with Crippen molar-refractivity contribution < 1.29 is 30.1 Å². The summed E-state index contributed by atoms with van der Waals surface area (Å²) < 4.78 is 64.5. The molecule has 0 radical (unpaired) electrons. The van der Waals surface area contributed by atoms with Crippen molar-refractivity contribution in [2.75, 3.05) is 36.1 Å². The van der Waals surface area contributed by atoms with Crippen molar-refractivity contribution >= 4 is 37.3 Å². The van der Waals surface area contributed by atoms with Crippen LogP contribution in [0.2, 0.25) is 0 Å². The number of hydrogen-bond donors (Lipinski definition) is 0. The number of rotatable bonds is 16. The maximum Gasteiger partial charge on any atom is 0.267 e. The molecule has 0 aliphatic carbocycles. The molecular formula is C37H48N2O6S2. The zero-order valence-electron chi connectivity index (χ0n) is 28.2. The van der Waals surface area contributed by atoms with E-state index in [1.807, 2.05) is 48.6 Å². The zero-order chi connectivity index (χ0) is 34.3. The van der Waals surface area contributed by atoms with Crippen molar-refractivity contribution in [3.8, 4) is 0 Å². The minimum Gasteiger partial charge on any atom is -0.748 e. The Bertz CT molecular complexity index is 1800. The van der Waals surface area contributed by atoms with E-state index in [1.165, 1.54) is 11.1 Å². The summed E-state index contributed by atoms with van der Waals surface area (Å²) in [5, 5.41) is 0. The quantitative estimate of drug-likeness (QED) is 0.0625. The highest BCUT2D eigenvalue weighted by Crippen LogP contribution is 2.47. The Labute approximate surface area is 281 Å². The topological polar surface area (TPSA) is 107 Å². The number of anilines is 1. The second-order valence-corrected chi connectivity index (χ2v) is 16.3. The van der Waals surface area contributed by atoms with Gasteiger partial charge < -0.3 is 9.45 Å². The van der Waals surface area contributed by atoms with Crippen LogP contribution in [0.1, 0.15) is 71.4 Å². The standard InChI is InChI=1S/C37H48N2O6S2/c1-6-45-47(43,44)29-19-17-27-39-33-23-15-13-21-31(33)37(4,5)35(39)25-11-9-7-8-10-24-34-36(2,3)30-20-12-14-22-32(30)38(34)26-16-18-28-46(40,41)42/h7-15,20-25H,6,16-19,26-29H2,1-5H3. The number of nitrogens with zero attached hydrogens (tertiary/aromatic N) is 2. The van der Waals surface area contributed by atoms with Gasteiger partial charge in [-0.2, -0.15) is 13.0 Å². The fourth-order valence-electron chi connectivity index (χ4n) is 6.59. The summed E-state index contributed by atoms with van der Waals surface area (Å²) in [6.45, 7) is 12.0. The van der Waals surface area contributed by atoms with E-state index in [0.717, 1.165) is 29.2 Å². The van der Waals surface area contributed by atoms with E-state index in [4.69, 9.17) is 4.18 Å². The van der Waals surface area contributed by atoms with E-state index in [2.05, 4.69) is 79.7 Å². The van der Waals surface area contributed by atoms with Crippen molar-refractivity contribution in [3.05, 3.63) is 108 Å². The molecule has 0 N–H and O–H groups in total. The predicted octanol–water partition coefficient (Wildman–Crippen LogP) is 6.89. The van der Waals surface area contributed by atoms with Crippen molar-refractivity contribution in [2.45, 2.75) is 71.1 Å². The molecule has 0 amide bonds. The van der Waals surface area contributed by atoms with Gasteiger partial charge in [-0.05, 0) is 57.7 Å². The lowest BCUT2D eigenvalue weighted by molar-refractivity contribution is -0.438. The predicted molar refractivity (Wildman–Crippen MR) is 190 cm³/mol. The molecule has 2 aromatic rings. The summed E-state index contributed by atoms with van der Waals surface area (Å²) >= 11 is 0. The Balaban J connectivity index is 1.48. The van der Waals surface area contributed by atoms with E-state index in [1.54, 1.807) is 6.92 Å². The summed E-state index contributed by atoms with van der Waals surface area (Å²) in [6, 6.07) is 16.6. The van der Waals surface area contributed by atoms with E-state index in [0.29, 0.717) is 32.4 Å². The smallest absolute Gasteiger partial charge is 0.267 e. The van der Waals surface area contributed by atoms with Gasteiger partial charge in [0.15, 0.2) is 5.71 Å². The monoisotopic (exact) mass is 680 g/mol. The maximum atomic E-state index is 12.0. The van der Waals surface area contributed by atoms with Crippen LogP contribution in [-0.2, 0) is 35.2 Å². The van der Waals surface area contributed by atoms with Gasteiger partial charge in [0, 0.05) is 53.2 Å². The van der Waals surface area contributed by atoms with Crippen molar-refractivity contribution in [1.29, 1.82) is 0 Å². The lowest BCUT2D eigenvalue weighted by Gasteiger charge is -2.27. The molecule has 2 aliphatic rings. The Hall–Kier alpha value is -3.31. The molecule has 0 aromatic heterocycles. The Morgan fingerprint density at radius 1 is 0.787 bits per heavy atom. The first kappa shape index (κ1) is 36.5. The second kappa shape index (κ2) is 15.3. The van der Waals surface area contributed by atoms with Crippen molar-refractivity contribution in [1.82, 2.24) is 0 Å². The van der Waals surface area contributed by atoms with Crippen LogP contribution < -0.4 is 4.90 Å². The highest BCUT2D eigenvalue weighted by atomic mass is 32.2. The third kappa shape index (κ3) is 8.99. The average Bonchev–Trinajstić information content (AvgIpc) is 3.35. The number of fused-ring (bicyclic) bond motifs is 2. The van der Waals surface area contributed by atoms with Gasteiger partial charge in [-0.25, -0.2) is 8.42 Å². The van der Waals surface area contributed by atoms with Crippen LogP contribution in [0.25, 0.3) is 0 Å². The summed E-state index contributed by atoms with van der Waals surface area (Å²) in [4.78, 5) is 2.23. The number of benzene rings is 2. The van der Waals surface area contributed by atoms with Crippen LogP contribution in [0.4, 0.5) is 11.4 Å². The minimum atomic E-state index is -4.22. The maximum absolute atomic E-state index is 12.0. The number of allylic oxidation sites excluding steroid dienone is 8. The highest BCUT2D eigenvalue weighted by molar-refractivity contribution is 7.86. The first-order chi connectivity index (χ1) is 22.2. The van der Waals surface area contributed by atoms with Gasteiger partial charge >= 0.3 is 0 Å². The molecule has 10 heteroatoms. The van der Waals surface area contributed by atoms with Crippen LogP contribution in [0.5, 0.6) is 0 Å². The van der Waals surface area contributed by atoms with Crippen LogP contribution in [0.3, 0.4) is 0 Å². The molecule has 2 heterocycles. The van der Waals surface area contributed by atoms with Gasteiger partial charge in [-0.1, -0.05) is 80.6 Å². The number of unbranched alkanes of at least 4 members (excludes halogenated alkanes) is 2. The van der Waals surface area contributed by atoms with Crippen LogP contribution in [0, 0.1) is 0 Å². The summed E-state index contributed by atoms with van der Waals surface area (Å²) in [6.07, 6.45) is 16.5. The highest BCUT2D eigenvalue weighted by Gasteiger charge is 2.44. The molecule has 0 saturated carbocycles. The lowest BCUT2D eigenvalue weighted by atomic mass is 9.81. The molecule has 0 saturated heterocycles. The summed E-state index contributed by atoms with van der Waals surface area (Å²) in [5.74, 6) is -0.328. The molecule has 4 rings (SSSR count). The first-order valence-corrected chi connectivity index (χ1v) is 19.5. The van der Waals surface area contributed by atoms with Gasteiger partial charge in [0.25, 0.3) is 10.1 Å². The van der Waals surface area contributed by atoms with Crippen LogP contribution in [-0.4, -0.2) is 62.9 Å². The fraction of sp³-hybridized carbons (Fsp3) is 0.432. The lowest BCUT2D eigenvalue weighted by Crippen LogP contribution is -2.28. The number of hydrogen-bond acceptors (Lipinski definition) is 7. The second-order valence-electron chi connectivity index (χ2n) is 13.0. The van der Waals surface area contributed by atoms with E-state index < -0.39 is 20.2 Å². The molecular weight excluding hydrogens is 633 g/mol. The summed E-state index contributed by atoms with van der Waals surface area (Å²) in [5.41, 5.74) is 6.57. The van der Waals surface area contributed by atoms with Gasteiger partial charge in [0.05, 0.1) is 27.9 Å². The van der Waals surface area contributed by atoms with E-state index >= 15 is 0 Å². The summed E-state index contributed by atoms with van der Waals surface area (Å²) in [7, 11) is -7.70. The Morgan fingerprint density at radius 3 is 2.15 bits per heavy atom. The van der Waals surface area contributed by atoms with Crippen LogP contribution >= 0.6 is 0 Å². The zero-order valence-corrected chi connectivity index (χ0v) is 29.8. The van der Waals surface area contributed by atoms with Crippen LogP contribution in [0.15, 0.2) is 96.8 Å². The van der Waals surface area contributed by atoms with Gasteiger partial charge in [0.2, 0.25) is 5.69 Å². The molecule has 0 bridgehead atoms. The average molecular weight is 681 g/mol. The molecule has 2 aromatic carbocycles. The third-order valence-corrected chi connectivity index (χ3v) is 11.1. The molecule has 0 atom stereocenters. The molecule has 8 nitrogen and oxygen atoms in total. The molecule has 0 fully saturated rings. The fourth-order valence-corrected chi connectivity index (χ4v) is 8.18. The molecule has 2 aliphatic heterocycles. The molecule has 0 unspecified atom stereocenters. The molecule has 254 valence electrons. The SMILES string of the molecule is CCOS(=O)(=O)CCCC[N+]1=C(C=CC=CC=CC=C2N(CCCCS(=O)(=O)[O-])c3ccccc3C2(C)C)C(C)(C)c2ccccc21. The normalized spacial score (nSPS) is 18.3. The van der Waals surface area contributed by atoms with Gasteiger partial charge in [-0.15, -0.1) is 0 Å². The van der Waals surface area contributed by atoms with E-state index in [-0.39, 0.29) is 28.9 Å². The Morgan fingerprint density at radius 2 is 1.43 bits per heavy atom. The van der Waals surface area contributed by atoms with Crippen molar-refractivity contribution in [3.63, 3.8) is 0 Å². The number of para-hydroxylation sites is 2. The van der Waals surface area contributed by atoms with Gasteiger partial charge in [-0.3, -0.25) is 4.18 Å². The Kier molecular flexibility index (Phi) is 11.9. The van der Waals surface area contributed by atoms with Crippen molar-refractivity contribution in [2.24, 2.45) is 0 Å². The molecule has 0 spiro atoms. The molecule has 47 heavy (non-hydrogen) atoms.